The molecule has 0 saturated heterocycles. The van der Waals surface area contributed by atoms with Crippen LogP contribution >= 0.6 is 0 Å². The van der Waals surface area contributed by atoms with E-state index in [9.17, 15) is 17.6 Å². The highest BCUT2D eigenvalue weighted by molar-refractivity contribution is 5.29. The van der Waals surface area contributed by atoms with Gasteiger partial charge in [-0.2, -0.15) is 13.2 Å². The number of rotatable bonds is 1. The number of nitrogens with two attached hydrogens (primary N) is 1. The summed E-state index contributed by atoms with van der Waals surface area (Å²) in [5.74, 6) is -0.915. The Labute approximate surface area is 97.6 Å². The van der Waals surface area contributed by atoms with Gasteiger partial charge in [0.15, 0.2) is 0 Å². The predicted octanol–water partition coefficient (Wildman–Crippen LogP) is 3.89. The largest absolute Gasteiger partial charge is 0.416 e. The molecule has 0 radical (unpaired) electrons. The Hall–Kier alpha value is -1.10. The van der Waals surface area contributed by atoms with Crippen molar-refractivity contribution in [1.82, 2.24) is 0 Å². The Morgan fingerprint density at radius 2 is 1.65 bits per heavy atom. The number of benzene rings is 1. The van der Waals surface area contributed by atoms with Crippen LogP contribution in [0.5, 0.6) is 0 Å². The van der Waals surface area contributed by atoms with Gasteiger partial charge in [0.1, 0.15) is 5.82 Å². The lowest BCUT2D eigenvalue weighted by Crippen LogP contribution is -2.27. The highest BCUT2D eigenvalue weighted by atomic mass is 19.4. The van der Waals surface area contributed by atoms with Crippen molar-refractivity contribution in [3.8, 4) is 0 Å². The summed E-state index contributed by atoms with van der Waals surface area (Å²) in [6, 6.07) is 1.80. The van der Waals surface area contributed by atoms with E-state index >= 15 is 0 Å². The molecular formula is C12H15F4N. The third-order valence-electron chi connectivity index (χ3n) is 2.60. The van der Waals surface area contributed by atoms with Crippen LogP contribution in [0.25, 0.3) is 0 Å². The maximum atomic E-state index is 13.6. The molecule has 0 heterocycles. The van der Waals surface area contributed by atoms with Gasteiger partial charge >= 0.3 is 6.18 Å². The van der Waals surface area contributed by atoms with Crippen molar-refractivity contribution in [3.63, 3.8) is 0 Å². The minimum Gasteiger partial charge on any atom is -0.323 e. The van der Waals surface area contributed by atoms with Gasteiger partial charge in [-0.3, -0.25) is 0 Å². The van der Waals surface area contributed by atoms with Crippen molar-refractivity contribution in [2.75, 3.05) is 0 Å². The summed E-state index contributed by atoms with van der Waals surface area (Å²) in [6.45, 7) is 5.40. The Morgan fingerprint density at radius 1 is 1.12 bits per heavy atom. The van der Waals surface area contributed by atoms with E-state index in [1.807, 2.05) is 0 Å². The van der Waals surface area contributed by atoms with E-state index in [1.54, 1.807) is 20.8 Å². The molecule has 0 saturated carbocycles. The van der Waals surface area contributed by atoms with Gasteiger partial charge in [0.25, 0.3) is 0 Å². The first kappa shape index (κ1) is 14.0. The number of halogens is 4. The second-order valence-corrected chi connectivity index (χ2v) is 5.08. The Morgan fingerprint density at radius 3 is 2.00 bits per heavy atom. The molecule has 0 aliphatic rings. The quantitative estimate of drug-likeness (QED) is 0.751. The molecule has 0 fully saturated rings. The zero-order chi connectivity index (χ0) is 13.4. The maximum Gasteiger partial charge on any atom is 0.416 e. The average Bonchev–Trinajstić information content (AvgIpc) is 2.13. The summed E-state index contributed by atoms with van der Waals surface area (Å²) in [5.41, 5.74) is 4.50. The van der Waals surface area contributed by atoms with Crippen LogP contribution in [-0.2, 0) is 6.18 Å². The fourth-order valence-corrected chi connectivity index (χ4v) is 1.42. The van der Waals surface area contributed by atoms with Gasteiger partial charge in [-0.15, -0.1) is 0 Å². The molecule has 1 rings (SSSR count). The van der Waals surface area contributed by atoms with Crippen LogP contribution in [0.4, 0.5) is 17.6 Å². The highest BCUT2D eigenvalue weighted by Crippen LogP contribution is 2.35. The molecule has 0 aliphatic heterocycles. The van der Waals surface area contributed by atoms with Gasteiger partial charge in [-0.1, -0.05) is 26.8 Å². The number of alkyl halides is 3. The molecule has 1 aromatic rings. The van der Waals surface area contributed by atoms with Gasteiger partial charge in [-0.25, -0.2) is 4.39 Å². The average molecular weight is 249 g/mol. The van der Waals surface area contributed by atoms with E-state index in [0.717, 1.165) is 12.1 Å². The maximum absolute atomic E-state index is 13.6. The highest BCUT2D eigenvalue weighted by Gasteiger charge is 2.32. The molecule has 96 valence electrons. The fourth-order valence-electron chi connectivity index (χ4n) is 1.42. The van der Waals surface area contributed by atoms with Gasteiger partial charge in [0.05, 0.1) is 5.56 Å². The Balaban J connectivity index is 3.15. The van der Waals surface area contributed by atoms with Crippen LogP contribution in [0.15, 0.2) is 18.2 Å². The van der Waals surface area contributed by atoms with Gasteiger partial charge in [0, 0.05) is 11.6 Å². The summed E-state index contributed by atoms with van der Waals surface area (Å²) >= 11 is 0. The Kier molecular flexibility index (Phi) is 3.52. The minimum atomic E-state index is -4.54. The second kappa shape index (κ2) is 4.29. The number of hydrogen-bond donors (Lipinski definition) is 1. The van der Waals surface area contributed by atoms with Crippen LogP contribution in [0.1, 0.15) is 37.9 Å². The molecule has 0 amide bonds. The molecule has 5 heteroatoms. The van der Waals surface area contributed by atoms with Crippen LogP contribution in [0, 0.1) is 11.2 Å². The molecule has 17 heavy (non-hydrogen) atoms. The van der Waals surface area contributed by atoms with Crippen LogP contribution in [0.3, 0.4) is 0 Å². The SMILES string of the molecule is CC(C)(C)[C@H](N)c1ccc(C(F)(F)F)cc1F. The lowest BCUT2D eigenvalue weighted by atomic mass is 9.82. The monoisotopic (exact) mass is 249 g/mol. The zero-order valence-corrected chi connectivity index (χ0v) is 9.90. The second-order valence-electron chi connectivity index (χ2n) is 5.08. The molecule has 0 unspecified atom stereocenters. The summed E-state index contributed by atoms with van der Waals surface area (Å²) in [6.07, 6.45) is -4.54. The van der Waals surface area contributed by atoms with Crippen molar-refractivity contribution in [1.29, 1.82) is 0 Å². The van der Waals surface area contributed by atoms with Gasteiger partial charge < -0.3 is 5.73 Å². The van der Waals surface area contributed by atoms with Crippen molar-refractivity contribution in [3.05, 3.63) is 35.1 Å². The topological polar surface area (TPSA) is 26.0 Å². The van der Waals surface area contributed by atoms with Crippen LogP contribution in [0.2, 0.25) is 0 Å². The molecule has 0 bridgehead atoms. The fraction of sp³-hybridized carbons (Fsp3) is 0.500. The molecular weight excluding hydrogens is 234 g/mol. The lowest BCUT2D eigenvalue weighted by molar-refractivity contribution is -0.137. The molecule has 1 nitrogen and oxygen atoms in total. The van der Waals surface area contributed by atoms with Crippen LogP contribution < -0.4 is 5.73 Å². The third kappa shape index (κ3) is 3.19. The number of hydrogen-bond acceptors (Lipinski definition) is 1. The molecule has 1 atom stereocenters. The van der Waals surface area contributed by atoms with E-state index in [-0.39, 0.29) is 5.56 Å². The zero-order valence-electron chi connectivity index (χ0n) is 9.90. The first-order valence-corrected chi connectivity index (χ1v) is 5.15. The van der Waals surface area contributed by atoms with E-state index in [2.05, 4.69) is 0 Å². The van der Waals surface area contributed by atoms with E-state index in [0.29, 0.717) is 6.07 Å². The molecule has 0 spiro atoms. The van der Waals surface area contributed by atoms with E-state index < -0.39 is 29.0 Å². The van der Waals surface area contributed by atoms with Crippen molar-refractivity contribution in [2.24, 2.45) is 11.1 Å². The Bertz CT molecular complexity index is 404. The summed E-state index contributed by atoms with van der Waals surface area (Å²) in [5, 5.41) is 0. The first-order chi connectivity index (χ1) is 7.53. The van der Waals surface area contributed by atoms with Crippen molar-refractivity contribution in [2.45, 2.75) is 33.0 Å². The van der Waals surface area contributed by atoms with E-state index in [4.69, 9.17) is 5.73 Å². The molecule has 0 aliphatic carbocycles. The van der Waals surface area contributed by atoms with Crippen molar-refractivity contribution >= 4 is 0 Å². The summed E-state index contributed by atoms with van der Waals surface area (Å²) in [7, 11) is 0. The minimum absolute atomic E-state index is 0.102. The standard InChI is InChI=1S/C12H15F4N/c1-11(2,3)10(17)8-5-4-7(6-9(8)13)12(14,15)16/h4-6,10H,17H2,1-3H3/t10-/m1/s1. The van der Waals surface area contributed by atoms with Gasteiger partial charge in [0.2, 0.25) is 0 Å². The molecule has 1 aromatic carbocycles. The van der Waals surface area contributed by atoms with Crippen LogP contribution in [-0.4, -0.2) is 0 Å². The van der Waals surface area contributed by atoms with E-state index in [1.165, 1.54) is 0 Å². The molecule has 2 N–H and O–H groups in total. The summed E-state index contributed by atoms with van der Waals surface area (Å²) in [4.78, 5) is 0. The smallest absolute Gasteiger partial charge is 0.323 e. The predicted molar refractivity (Wildman–Crippen MR) is 57.8 cm³/mol. The lowest BCUT2D eigenvalue weighted by Gasteiger charge is -2.27. The van der Waals surface area contributed by atoms with Crippen molar-refractivity contribution < 1.29 is 17.6 Å². The normalized spacial score (nSPS) is 14.8. The summed E-state index contributed by atoms with van der Waals surface area (Å²) < 4.78 is 50.6. The van der Waals surface area contributed by atoms with Gasteiger partial charge in [-0.05, 0) is 17.5 Å². The first-order valence-electron chi connectivity index (χ1n) is 5.15. The molecule has 0 aromatic heterocycles. The third-order valence-corrected chi connectivity index (χ3v) is 2.60.